The number of nitrogens with zero attached hydrogens (tertiary/aromatic N) is 1. The molecular weight excluding hydrogens is 250 g/mol. The molecule has 1 heterocycles. The number of hydrogen-bond donors (Lipinski definition) is 1. The molecule has 0 saturated carbocycles. The van der Waals surface area contributed by atoms with Crippen LogP contribution in [0.25, 0.3) is 0 Å². The lowest BCUT2D eigenvalue weighted by Crippen LogP contribution is -2.26. The molecule has 102 valence electrons. The van der Waals surface area contributed by atoms with Gasteiger partial charge < -0.3 is 5.32 Å². The van der Waals surface area contributed by atoms with Crippen molar-refractivity contribution in [2.75, 3.05) is 6.54 Å². The summed E-state index contributed by atoms with van der Waals surface area (Å²) in [5.74, 6) is -2.79. The lowest BCUT2D eigenvalue weighted by Gasteiger charge is -2.21. The summed E-state index contributed by atoms with van der Waals surface area (Å²) in [6.45, 7) is 0.451. The summed E-state index contributed by atoms with van der Waals surface area (Å²) >= 11 is 0. The van der Waals surface area contributed by atoms with Crippen molar-refractivity contribution in [1.29, 1.82) is 0 Å². The van der Waals surface area contributed by atoms with E-state index in [-0.39, 0.29) is 18.7 Å². The van der Waals surface area contributed by atoms with Gasteiger partial charge >= 0.3 is 0 Å². The Morgan fingerprint density at radius 1 is 1.42 bits per heavy atom. The SMILES string of the molecule is O=C(NCCC1=CCC(F)(F)CC1)c1ccccn1. The molecule has 0 unspecified atom stereocenters. The maximum atomic E-state index is 12.9. The van der Waals surface area contributed by atoms with Crippen LogP contribution in [-0.4, -0.2) is 23.4 Å². The normalized spacial score (nSPS) is 17.7. The third-order valence-corrected chi connectivity index (χ3v) is 3.13. The number of alkyl halides is 2. The first-order chi connectivity index (χ1) is 9.07. The van der Waals surface area contributed by atoms with Gasteiger partial charge in [-0.3, -0.25) is 9.78 Å². The number of amides is 1. The van der Waals surface area contributed by atoms with Crippen LogP contribution in [-0.2, 0) is 0 Å². The molecule has 0 spiro atoms. The topological polar surface area (TPSA) is 42.0 Å². The first-order valence-electron chi connectivity index (χ1n) is 6.32. The highest BCUT2D eigenvalue weighted by molar-refractivity contribution is 5.92. The van der Waals surface area contributed by atoms with E-state index in [9.17, 15) is 13.6 Å². The van der Waals surface area contributed by atoms with Crippen molar-refractivity contribution in [3.63, 3.8) is 0 Å². The summed E-state index contributed by atoms with van der Waals surface area (Å²) in [7, 11) is 0. The van der Waals surface area contributed by atoms with Gasteiger partial charge in [0.05, 0.1) is 0 Å². The molecule has 3 nitrogen and oxygen atoms in total. The molecule has 0 radical (unpaired) electrons. The van der Waals surface area contributed by atoms with Crippen LogP contribution in [0, 0.1) is 0 Å². The summed E-state index contributed by atoms with van der Waals surface area (Å²) in [5, 5.41) is 2.74. The zero-order valence-corrected chi connectivity index (χ0v) is 10.5. The van der Waals surface area contributed by atoms with E-state index in [2.05, 4.69) is 10.3 Å². The molecule has 0 aromatic carbocycles. The Hall–Kier alpha value is -1.78. The number of nitrogens with one attached hydrogen (secondary N) is 1. The van der Waals surface area contributed by atoms with Crippen molar-refractivity contribution in [2.24, 2.45) is 0 Å². The number of allylic oxidation sites excluding steroid dienone is 1. The Labute approximate surface area is 110 Å². The van der Waals surface area contributed by atoms with Gasteiger partial charge in [0, 0.05) is 25.6 Å². The number of aromatic nitrogens is 1. The van der Waals surface area contributed by atoms with Gasteiger partial charge in [0.15, 0.2) is 0 Å². The quantitative estimate of drug-likeness (QED) is 0.851. The molecule has 1 amide bonds. The molecule has 1 N–H and O–H groups in total. The summed E-state index contributed by atoms with van der Waals surface area (Å²) in [6.07, 6.45) is 3.90. The Morgan fingerprint density at radius 3 is 2.89 bits per heavy atom. The van der Waals surface area contributed by atoms with Crippen molar-refractivity contribution in [2.45, 2.75) is 31.6 Å². The molecule has 0 bridgehead atoms. The van der Waals surface area contributed by atoms with Crippen molar-refractivity contribution in [3.05, 3.63) is 41.7 Å². The van der Waals surface area contributed by atoms with E-state index in [1.165, 1.54) is 0 Å². The fraction of sp³-hybridized carbons (Fsp3) is 0.429. The van der Waals surface area contributed by atoms with Gasteiger partial charge in [-0.1, -0.05) is 17.7 Å². The van der Waals surface area contributed by atoms with Crippen LogP contribution >= 0.6 is 0 Å². The third-order valence-electron chi connectivity index (χ3n) is 3.13. The summed E-state index contributed by atoms with van der Waals surface area (Å²) in [4.78, 5) is 15.6. The number of rotatable bonds is 4. The van der Waals surface area contributed by atoms with Crippen molar-refractivity contribution >= 4 is 5.91 Å². The predicted molar refractivity (Wildman–Crippen MR) is 68.1 cm³/mol. The standard InChI is InChI=1S/C14H16F2N2O/c15-14(16)7-4-11(5-8-14)6-10-18-13(19)12-3-1-2-9-17-12/h1-4,9H,5-8,10H2,(H,18,19). The van der Waals surface area contributed by atoms with Gasteiger partial charge in [-0.25, -0.2) is 8.78 Å². The highest BCUT2D eigenvalue weighted by Crippen LogP contribution is 2.32. The smallest absolute Gasteiger partial charge is 0.269 e. The third kappa shape index (κ3) is 4.12. The average Bonchev–Trinajstić information content (AvgIpc) is 2.41. The van der Waals surface area contributed by atoms with Crippen LogP contribution in [0.4, 0.5) is 8.78 Å². The summed E-state index contributed by atoms with van der Waals surface area (Å²) in [6, 6.07) is 5.12. The predicted octanol–water partition coefficient (Wildman–Crippen LogP) is 2.95. The largest absolute Gasteiger partial charge is 0.350 e. The van der Waals surface area contributed by atoms with E-state index in [1.807, 2.05) is 0 Å². The molecule has 0 atom stereocenters. The van der Waals surface area contributed by atoms with Gasteiger partial charge in [0.2, 0.25) is 0 Å². The fourth-order valence-corrected chi connectivity index (χ4v) is 1.99. The Bertz CT molecular complexity index is 472. The van der Waals surface area contributed by atoms with Crippen molar-refractivity contribution < 1.29 is 13.6 Å². The van der Waals surface area contributed by atoms with Crippen molar-refractivity contribution in [3.8, 4) is 0 Å². The van der Waals surface area contributed by atoms with Gasteiger partial charge in [-0.2, -0.15) is 0 Å². The lowest BCUT2D eigenvalue weighted by molar-refractivity contribution is -0.00896. The molecular formula is C14H16F2N2O. The molecule has 2 rings (SSSR count). The summed E-state index contributed by atoms with van der Waals surface area (Å²) < 4.78 is 25.9. The molecule has 1 aromatic heterocycles. The van der Waals surface area contributed by atoms with Crippen LogP contribution in [0.2, 0.25) is 0 Å². The van der Waals surface area contributed by atoms with E-state index in [0.717, 1.165) is 5.57 Å². The van der Waals surface area contributed by atoms with E-state index >= 15 is 0 Å². The van der Waals surface area contributed by atoms with Crippen LogP contribution in [0.5, 0.6) is 0 Å². The highest BCUT2D eigenvalue weighted by atomic mass is 19.3. The Balaban J connectivity index is 1.76. The van der Waals surface area contributed by atoms with E-state index < -0.39 is 5.92 Å². The molecule has 0 saturated heterocycles. The molecule has 19 heavy (non-hydrogen) atoms. The first kappa shape index (κ1) is 13.6. The molecule has 5 heteroatoms. The minimum absolute atomic E-state index is 0.0903. The van der Waals surface area contributed by atoms with Gasteiger partial charge in [0.25, 0.3) is 11.8 Å². The molecule has 1 aliphatic carbocycles. The second-order valence-corrected chi connectivity index (χ2v) is 4.64. The minimum Gasteiger partial charge on any atom is -0.350 e. The Kier molecular flexibility index (Phi) is 4.24. The maximum absolute atomic E-state index is 12.9. The van der Waals surface area contributed by atoms with E-state index in [0.29, 0.717) is 25.1 Å². The Morgan fingerprint density at radius 2 is 2.26 bits per heavy atom. The monoisotopic (exact) mass is 266 g/mol. The number of hydrogen-bond acceptors (Lipinski definition) is 2. The fourth-order valence-electron chi connectivity index (χ4n) is 1.99. The molecule has 1 aromatic rings. The second kappa shape index (κ2) is 5.91. The van der Waals surface area contributed by atoms with Gasteiger partial charge in [-0.05, 0) is 25.0 Å². The molecule has 1 aliphatic rings. The van der Waals surface area contributed by atoms with Gasteiger partial charge in [-0.15, -0.1) is 0 Å². The second-order valence-electron chi connectivity index (χ2n) is 4.64. The van der Waals surface area contributed by atoms with E-state index in [4.69, 9.17) is 0 Å². The van der Waals surface area contributed by atoms with Gasteiger partial charge in [0.1, 0.15) is 5.69 Å². The number of pyridine rings is 1. The number of carbonyl (C=O) groups is 1. The van der Waals surface area contributed by atoms with Crippen LogP contribution in [0.1, 0.15) is 36.2 Å². The molecule has 0 fully saturated rings. The number of carbonyl (C=O) groups excluding carboxylic acids is 1. The zero-order chi connectivity index (χ0) is 13.7. The number of halogens is 2. The average molecular weight is 266 g/mol. The summed E-state index contributed by atoms with van der Waals surface area (Å²) in [5.41, 5.74) is 1.36. The van der Waals surface area contributed by atoms with E-state index in [1.54, 1.807) is 30.5 Å². The maximum Gasteiger partial charge on any atom is 0.269 e. The first-order valence-corrected chi connectivity index (χ1v) is 6.32. The minimum atomic E-state index is -2.55. The highest BCUT2D eigenvalue weighted by Gasteiger charge is 2.30. The molecule has 0 aliphatic heterocycles. The zero-order valence-electron chi connectivity index (χ0n) is 10.5. The van der Waals surface area contributed by atoms with Crippen molar-refractivity contribution in [1.82, 2.24) is 10.3 Å². The van der Waals surface area contributed by atoms with Crippen LogP contribution in [0.15, 0.2) is 36.0 Å². The van der Waals surface area contributed by atoms with Crippen LogP contribution in [0.3, 0.4) is 0 Å². The lowest BCUT2D eigenvalue weighted by atomic mass is 9.94. The van der Waals surface area contributed by atoms with Crippen LogP contribution < -0.4 is 5.32 Å².